The van der Waals surface area contributed by atoms with Crippen LogP contribution < -0.4 is 0 Å². The van der Waals surface area contributed by atoms with Gasteiger partial charge in [-0.25, -0.2) is 0 Å². The largest absolute Gasteiger partial charge is 0.379 e. The van der Waals surface area contributed by atoms with Crippen LogP contribution in [-0.4, -0.2) is 25.9 Å². The maximum atomic E-state index is 5.77. The van der Waals surface area contributed by atoms with Crippen molar-refractivity contribution in [1.82, 2.24) is 0 Å². The van der Waals surface area contributed by atoms with E-state index in [9.17, 15) is 0 Å². The Morgan fingerprint density at radius 1 is 0.800 bits per heavy atom. The molecular weight excluding hydrogens is 248 g/mol. The molecule has 0 aromatic rings. The first-order valence-electron chi connectivity index (χ1n) is 9.13. The lowest BCUT2D eigenvalue weighted by Crippen LogP contribution is -2.12. The summed E-state index contributed by atoms with van der Waals surface area (Å²) in [5.74, 6) is 0. The second-order valence-corrected chi connectivity index (χ2v) is 6.25. The van der Waals surface area contributed by atoms with Gasteiger partial charge in [-0.2, -0.15) is 0 Å². The SMILES string of the molecule is CCCCCCCCCCCCCCOC1CCOC1. The summed E-state index contributed by atoms with van der Waals surface area (Å²) in [7, 11) is 0. The molecule has 1 heterocycles. The summed E-state index contributed by atoms with van der Waals surface area (Å²) in [5, 5.41) is 0. The molecule has 1 saturated heterocycles. The Labute approximate surface area is 126 Å². The molecule has 1 aliphatic rings. The molecule has 1 atom stereocenters. The summed E-state index contributed by atoms with van der Waals surface area (Å²) < 4.78 is 11.1. The number of hydrogen-bond acceptors (Lipinski definition) is 2. The molecule has 20 heavy (non-hydrogen) atoms. The molecule has 0 aromatic heterocycles. The Balaban J connectivity index is 1.66. The van der Waals surface area contributed by atoms with E-state index in [0.29, 0.717) is 6.10 Å². The zero-order valence-electron chi connectivity index (χ0n) is 13.7. The number of hydrogen-bond donors (Lipinski definition) is 0. The van der Waals surface area contributed by atoms with E-state index >= 15 is 0 Å². The Kier molecular flexibility index (Phi) is 12.5. The summed E-state index contributed by atoms with van der Waals surface area (Å²) in [5.41, 5.74) is 0. The van der Waals surface area contributed by atoms with Crippen LogP contribution in [0.5, 0.6) is 0 Å². The van der Waals surface area contributed by atoms with Crippen molar-refractivity contribution in [2.24, 2.45) is 0 Å². The lowest BCUT2D eigenvalue weighted by atomic mass is 10.1. The second-order valence-electron chi connectivity index (χ2n) is 6.25. The van der Waals surface area contributed by atoms with Crippen LogP contribution in [0.2, 0.25) is 0 Å². The molecule has 1 unspecified atom stereocenters. The monoisotopic (exact) mass is 284 g/mol. The fourth-order valence-electron chi connectivity index (χ4n) is 2.84. The molecule has 1 fully saturated rings. The highest BCUT2D eigenvalue weighted by Crippen LogP contribution is 2.13. The molecule has 0 amide bonds. The van der Waals surface area contributed by atoms with Crippen LogP contribution >= 0.6 is 0 Å². The van der Waals surface area contributed by atoms with Crippen molar-refractivity contribution in [1.29, 1.82) is 0 Å². The highest BCUT2D eigenvalue weighted by Gasteiger charge is 2.14. The molecule has 0 saturated carbocycles. The van der Waals surface area contributed by atoms with Gasteiger partial charge < -0.3 is 9.47 Å². The van der Waals surface area contributed by atoms with Gasteiger partial charge >= 0.3 is 0 Å². The van der Waals surface area contributed by atoms with E-state index in [0.717, 1.165) is 26.2 Å². The molecule has 2 nitrogen and oxygen atoms in total. The lowest BCUT2D eigenvalue weighted by molar-refractivity contribution is 0.0405. The van der Waals surface area contributed by atoms with Crippen molar-refractivity contribution < 1.29 is 9.47 Å². The third kappa shape index (κ3) is 10.7. The van der Waals surface area contributed by atoms with Gasteiger partial charge in [0.25, 0.3) is 0 Å². The quantitative estimate of drug-likeness (QED) is 0.392. The molecule has 0 radical (unpaired) electrons. The van der Waals surface area contributed by atoms with Crippen molar-refractivity contribution in [2.75, 3.05) is 19.8 Å². The van der Waals surface area contributed by atoms with Gasteiger partial charge in [-0.3, -0.25) is 0 Å². The fraction of sp³-hybridized carbons (Fsp3) is 1.00. The van der Waals surface area contributed by atoms with Gasteiger partial charge in [0.2, 0.25) is 0 Å². The standard InChI is InChI=1S/C18H36O2/c1-2-3-4-5-6-7-8-9-10-11-12-13-15-20-18-14-16-19-17-18/h18H,2-17H2,1H3. The van der Waals surface area contributed by atoms with Crippen molar-refractivity contribution in [3.05, 3.63) is 0 Å². The van der Waals surface area contributed by atoms with Crippen molar-refractivity contribution in [3.8, 4) is 0 Å². The average molecular weight is 284 g/mol. The van der Waals surface area contributed by atoms with Crippen LogP contribution in [0.3, 0.4) is 0 Å². The summed E-state index contributed by atoms with van der Waals surface area (Å²) in [6, 6.07) is 0. The van der Waals surface area contributed by atoms with Gasteiger partial charge in [-0.05, 0) is 12.8 Å². The van der Waals surface area contributed by atoms with Crippen LogP contribution in [0, 0.1) is 0 Å². The predicted molar refractivity (Wildman–Crippen MR) is 86.3 cm³/mol. The Morgan fingerprint density at radius 2 is 1.35 bits per heavy atom. The van der Waals surface area contributed by atoms with Gasteiger partial charge in [0.15, 0.2) is 0 Å². The van der Waals surface area contributed by atoms with Crippen LogP contribution in [-0.2, 0) is 9.47 Å². The smallest absolute Gasteiger partial charge is 0.0830 e. The van der Waals surface area contributed by atoms with Crippen LogP contribution in [0.4, 0.5) is 0 Å². The highest BCUT2D eigenvalue weighted by atomic mass is 16.5. The molecule has 0 bridgehead atoms. The number of unbranched alkanes of at least 4 members (excludes halogenated alkanes) is 11. The van der Waals surface area contributed by atoms with E-state index in [1.807, 2.05) is 0 Å². The normalized spacial score (nSPS) is 18.8. The van der Waals surface area contributed by atoms with Crippen molar-refractivity contribution in [2.45, 2.75) is 96.5 Å². The van der Waals surface area contributed by atoms with E-state index in [4.69, 9.17) is 9.47 Å². The number of rotatable bonds is 14. The molecule has 1 rings (SSSR count). The Hall–Kier alpha value is -0.0800. The van der Waals surface area contributed by atoms with Crippen molar-refractivity contribution in [3.63, 3.8) is 0 Å². The summed E-state index contributed by atoms with van der Waals surface area (Å²) in [6.07, 6.45) is 18.3. The van der Waals surface area contributed by atoms with Gasteiger partial charge in [0, 0.05) is 13.2 Å². The summed E-state index contributed by atoms with van der Waals surface area (Å²) in [4.78, 5) is 0. The third-order valence-electron chi connectivity index (χ3n) is 4.24. The van der Waals surface area contributed by atoms with Gasteiger partial charge in [0.05, 0.1) is 12.7 Å². The van der Waals surface area contributed by atoms with Crippen LogP contribution in [0.15, 0.2) is 0 Å². The van der Waals surface area contributed by atoms with Crippen LogP contribution in [0.25, 0.3) is 0 Å². The topological polar surface area (TPSA) is 18.5 Å². The van der Waals surface area contributed by atoms with E-state index in [1.165, 1.54) is 77.0 Å². The van der Waals surface area contributed by atoms with Gasteiger partial charge in [0.1, 0.15) is 0 Å². The molecule has 1 aliphatic heterocycles. The molecule has 0 aliphatic carbocycles. The zero-order valence-corrected chi connectivity index (χ0v) is 13.7. The van der Waals surface area contributed by atoms with E-state index in [2.05, 4.69) is 6.92 Å². The molecule has 0 N–H and O–H groups in total. The first-order chi connectivity index (χ1) is 9.93. The summed E-state index contributed by atoms with van der Waals surface area (Å²) in [6.45, 7) is 4.93. The minimum atomic E-state index is 0.391. The van der Waals surface area contributed by atoms with Crippen molar-refractivity contribution >= 4 is 0 Å². The maximum absolute atomic E-state index is 5.77. The van der Waals surface area contributed by atoms with E-state index in [1.54, 1.807) is 0 Å². The zero-order chi connectivity index (χ0) is 14.3. The fourth-order valence-corrected chi connectivity index (χ4v) is 2.84. The minimum Gasteiger partial charge on any atom is -0.379 e. The molecular formula is C18H36O2. The molecule has 2 heteroatoms. The predicted octanol–water partition coefficient (Wildman–Crippen LogP) is 5.49. The summed E-state index contributed by atoms with van der Waals surface area (Å²) >= 11 is 0. The first kappa shape index (κ1) is 18.0. The first-order valence-corrected chi connectivity index (χ1v) is 9.13. The Morgan fingerprint density at radius 3 is 1.85 bits per heavy atom. The van der Waals surface area contributed by atoms with Crippen LogP contribution in [0.1, 0.15) is 90.4 Å². The van der Waals surface area contributed by atoms with E-state index in [-0.39, 0.29) is 0 Å². The molecule has 0 spiro atoms. The van der Waals surface area contributed by atoms with Gasteiger partial charge in [-0.15, -0.1) is 0 Å². The molecule has 0 aromatic carbocycles. The lowest BCUT2D eigenvalue weighted by Gasteiger charge is -2.09. The highest BCUT2D eigenvalue weighted by molar-refractivity contribution is 4.62. The second kappa shape index (κ2) is 13.9. The number of ether oxygens (including phenoxy) is 2. The maximum Gasteiger partial charge on any atom is 0.0830 e. The van der Waals surface area contributed by atoms with E-state index < -0.39 is 0 Å². The molecule has 120 valence electrons. The minimum absolute atomic E-state index is 0.391. The van der Waals surface area contributed by atoms with Gasteiger partial charge in [-0.1, -0.05) is 77.6 Å². The Bertz CT molecular complexity index is 188. The average Bonchev–Trinajstić information content (AvgIpc) is 2.97. The third-order valence-corrected chi connectivity index (χ3v) is 4.24.